The van der Waals surface area contributed by atoms with Crippen LogP contribution in [0.15, 0.2) is 73.1 Å². The Morgan fingerprint density at radius 2 is 1.59 bits per heavy atom. The Balaban J connectivity index is 1.50. The molecule has 32 heavy (non-hydrogen) atoms. The lowest BCUT2D eigenvalue weighted by Gasteiger charge is -2.12. The van der Waals surface area contributed by atoms with E-state index in [1.165, 1.54) is 0 Å². The molecule has 0 unspecified atom stereocenters. The fraction of sp³-hybridized carbons (Fsp3) is 0.125. The second kappa shape index (κ2) is 10.5. The van der Waals surface area contributed by atoms with E-state index >= 15 is 0 Å². The van der Waals surface area contributed by atoms with E-state index in [0.29, 0.717) is 41.5 Å². The molecular formula is C24H21ClN5O2. The number of methoxy groups -OCH3 is 1. The zero-order valence-corrected chi connectivity index (χ0v) is 18.1. The van der Waals surface area contributed by atoms with Crippen molar-refractivity contribution < 1.29 is 9.47 Å². The normalized spacial score (nSPS) is 10.4. The molecule has 8 heteroatoms. The minimum atomic E-state index is 0.477. The van der Waals surface area contributed by atoms with Gasteiger partial charge in [-0.05, 0) is 47.5 Å². The summed E-state index contributed by atoms with van der Waals surface area (Å²) < 4.78 is 11.2. The van der Waals surface area contributed by atoms with Crippen LogP contribution in [0.4, 0.5) is 11.8 Å². The molecule has 0 bridgehead atoms. The minimum Gasteiger partial charge on any atom is -0.497 e. The summed E-state index contributed by atoms with van der Waals surface area (Å²) in [5.41, 5.74) is 2.06. The highest BCUT2D eigenvalue weighted by molar-refractivity contribution is 6.30. The third-order valence-electron chi connectivity index (χ3n) is 4.48. The van der Waals surface area contributed by atoms with E-state index in [2.05, 4.69) is 31.7 Å². The number of aromatic nitrogens is 3. The largest absolute Gasteiger partial charge is 0.497 e. The molecule has 0 fully saturated rings. The van der Waals surface area contributed by atoms with Crippen molar-refractivity contribution in [2.45, 2.75) is 13.1 Å². The predicted molar refractivity (Wildman–Crippen MR) is 124 cm³/mol. The zero-order valence-electron chi connectivity index (χ0n) is 17.4. The summed E-state index contributed by atoms with van der Waals surface area (Å²) in [7, 11) is 1.65. The highest BCUT2D eigenvalue weighted by Gasteiger charge is 2.07. The van der Waals surface area contributed by atoms with Crippen molar-refractivity contribution in [2.24, 2.45) is 0 Å². The van der Waals surface area contributed by atoms with Crippen LogP contribution in [0.3, 0.4) is 0 Å². The van der Waals surface area contributed by atoms with Gasteiger partial charge in [0, 0.05) is 19.2 Å². The maximum Gasteiger partial charge on any atom is 0.222 e. The first-order valence-corrected chi connectivity index (χ1v) is 10.3. The Labute approximate surface area is 191 Å². The number of nitrogens with zero attached hydrogens (tertiary/aromatic N) is 3. The van der Waals surface area contributed by atoms with Gasteiger partial charge in [0.05, 0.1) is 24.5 Å². The molecule has 0 aliphatic carbocycles. The van der Waals surface area contributed by atoms with Crippen molar-refractivity contribution >= 4 is 23.4 Å². The summed E-state index contributed by atoms with van der Waals surface area (Å²) in [6.07, 6.45) is 3.10. The van der Waals surface area contributed by atoms with Crippen LogP contribution in [0, 0.1) is 6.07 Å². The molecule has 2 heterocycles. The fourth-order valence-electron chi connectivity index (χ4n) is 2.89. The van der Waals surface area contributed by atoms with E-state index in [-0.39, 0.29) is 0 Å². The van der Waals surface area contributed by atoms with Gasteiger partial charge in [-0.2, -0.15) is 4.98 Å². The topological polar surface area (TPSA) is 81.2 Å². The average molecular weight is 447 g/mol. The molecule has 0 atom stereocenters. The summed E-state index contributed by atoms with van der Waals surface area (Å²) in [6, 6.07) is 21.9. The second-order valence-electron chi connectivity index (χ2n) is 6.82. The number of hydrogen-bond acceptors (Lipinski definition) is 7. The molecular weight excluding hydrogens is 426 g/mol. The van der Waals surface area contributed by atoms with Gasteiger partial charge in [-0.3, -0.25) is 0 Å². The molecule has 4 rings (SSSR count). The van der Waals surface area contributed by atoms with Crippen LogP contribution < -0.4 is 20.1 Å². The van der Waals surface area contributed by atoms with E-state index < -0.39 is 0 Å². The smallest absolute Gasteiger partial charge is 0.222 e. The monoisotopic (exact) mass is 446 g/mol. The molecule has 1 radical (unpaired) electrons. The van der Waals surface area contributed by atoms with E-state index in [4.69, 9.17) is 21.1 Å². The van der Waals surface area contributed by atoms with Gasteiger partial charge >= 0.3 is 0 Å². The predicted octanol–water partition coefficient (Wildman–Crippen LogP) is 5.35. The Morgan fingerprint density at radius 3 is 2.31 bits per heavy atom. The van der Waals surface area contributed by atoms with E-state index in [1.54, 1.807) is 31.6 Å². The molecule has 2 aromatic heterocycles. The molecule has 161 valence electrons. The third-order valence-corrected chi connectivity index (χ3v) is 4.67. The molecule has 4 aromatic rings. The standard InChI is InChI=1S/C24H21ClN5O2/c1-31-20-9-7-17(8-10-20)13-26-22-11-18(14-27-24-28-15-19(25)16-29-24)12-23(30-22)32-21-5-3-2-4-6-21/h3-12,15-16H,13-14H2,1H3,(H,26,30)(H,27,28,29). The lowest BCUT2D eigenvalue weighted by molar-refractivity contribution is 0.414. The Kier molecular flexibility index (Phi) is 6.99. The minimum absolute atomic E-state index is 0.477. The van der Waals surface area contributed by atoms with Gasteiger partial charge in [0.25, 0.3) is 0 Å². The third kappa shape index (κ3) is 6.09. The number of hydrogen-bond donors (Lipinski definition) is 2. The van der Waals surface area contributed by atoms with Gasteiger partial charge < -0.3 is 20.1 Å². The fourth-order valence-corrected chi connectivity index (χ4v) is 2.98. The number of benzene rings is 2. The van der Waals surface area contributed by atoms with Crippen LogP contribution in [0.25, 0.3) is 0 Å². The van der Waals surface area contributed by atoms with Gasteiger partial charge in [0.2, 0.25) is 11.8 Å². The first kappa shape index (κ1) is 21.4. The molecule has 0 amide bonds. The van der Waals surface area contributed by atoms with E-state index in [9.17, 15) is 0 Å². The van der Waals surface area contributed by atoms with Gasteiger partial charge in [-0.1, -0.05) is 35.9 Å². The lowest BCUT2D eigenvalue weighted by atomic mass is 10.2. The number of rotatable bonds is 9. The molecule has 2 aromatic carbocycles. The van der Waals surface area contributed by atoms with Gasteiger partial charge in [0.1, 0.15) is 17.3 Å². The highest BCUT2D eigenvalue weighted by atomic mass is 35.5. The van der Waals surface area contributed by atoms with Crippen LogP contribution in [-0.2, 0) is 13.1 Å². The average Bonchev–Trinajstić information content (AvgIpc) is 2.83. The second-order valence-corrected chi connectivity index (χ2v) is 7.25. The van der Waals surface area contributed by atoms with Crippen LogP contribution in [-0.4, -0.2) is 22.1 Å². The van der Waals surface area contributed by atoms with Crippen molar-refractivity contribution in [1.82, 2.24) is 15.0 Å². The van der Waals surface area contributed by atoms with Gasteiger partial charge in [-0.25, -0.2) is 9.97 Å². The SMILES string of the molecule is COc1ccc(CNc2cc(CNc3ncc(Cl)cn3)cc(Oc3cc[c]cc3)n2)cc1. The summed E-state index contributed by atoms with van der Waals surface area (Å²) in [5, 5.41) is 7.02. The molecule has 7 nitrogen and oxygen atoms in total. The molecule has 0 saturated carbocycles. The Morgan fingerprint density at radius 1 is 0.875 bits per heavy atom. The summed E-state index contributed by atoms with van der Waals surface area (Å²) in [5.74, 6) is 3.16. The highest BCUT2D eigenvalue weighted by Crippen LogP contribution is 2.23. The number of ether oxygens (including phenoxy) is 2. The van der Waals surface area contributed by atoms with Crippen molar-refractivity contribution in [1.29, 1.82) is 0 Å². The molecule has 0 aliphatic heterocycles. The first-order chi connectivity index (χ1) is 15.7. The van der Waals surface area contributed by atoms with Crippen LogP contribution in [0.5, 0.6) is 17.4 Å². The maximum atomic E-state index is 5.95. The number of halogens is 1. The first-order valence-electron chi connectivity index (χ1n) is 9.91. The Hall–Kier alpha value is -3.84. The lowest BCUT2D eigenvalue weighted by Crippen LogP contribution is -2.06. The molecule has 0 aliphatic rings. The Bertz CT molecular complexity index is 1140. The summed E-state index contributed by atoms with van der Waals surface area (Å²) in [6.45, 7) is 1.09. The van der Waals surface area contributed by atoms with Gasteiger partial charge in [0.15, 0.2) is 0 Å². The quantitative estimate of drug-likeness (QED) is 0.358. The number of pyridine rings is 1. The summed E-state index contributed by atoms with van der Waals surface area (Å²) in [4.78, 5) is 12.9. The molecule has 2 N–H and O–H groups in total. The van der Waals surface area contributed by atoms with Crippen molar-refractivity contribution in [2.75, 3.05) is 17.7 Å². The van der Waals surface area contributed by atoms with Crippen molar-refractivity contribution in [3.05, 3.63) is 95.3 Å². The summed E-state index contributed by atoms with van der Waals surface area (Å²) >= 11 is 5.85. The van der Waals surface area contributed by atoms with Crippen LogP contribution in [0.2, 0.25) is 5.02 Å². The van der Waals surface area contributed by atoms with Crippen LogP contribution in [0.1, 0.15) is 11.1 Å². The van der Waals surface area contributed by atoms with E-state index in [0.717, 1.165) is 16.9 Å². The molecule has 0 saturated heterocycles. The van der Waals surface area contributed by atoms with Crippen LogP contribution >= 0.6 is 11.6 Å². The number of nitrogens with one attached hydrogen (secondary N) is 2. The maximum absolute atomic E-state index is 5.95. The van der Waals surface area contributed by atoms with Gasteiger partial charge in [-0.15, -0.1) is 0 Å². The van der Waals surface area contributed by atoms with Crippen molar-refractivity contribution in [3.8, 4) is 17.4 Å². The zero-order chi connectivity index (χ0) is 22.2. The molecule has 0 spiro atoms. The number of anilines is 2. The van der Waals surface area contributed by atoms with Crippen molar-refractivity contribution in [3.63, 3.8) is 0 Å². The van der Waals surface area contributed by atoms with E-state index in [1.807, 2.05) is 48.5 Å².